The molecule has 0 radical (unpaired) electrons. The first-order valence-electron chi connectivity index (χ1n) is 6.49. The summed E-state index contributed by atoms with van der Waals surface area (Å²) in [5.41, 5.74) is 0.908. The fourth-order valence-electron chi connectivity index (χ4n) is 1.91. The highest BCUT2D eigenvalue weighted by Crippen LogP contribution is 2.26. The average molecular weight is 307 g/mol. The van der Waals surface area contributed by atoms with Crippen molar-refractivity contribution in [1.82, 2.24) is 0 Å². The molecule has 0 aliphatic heterocycles. The Morgan fingerprint density at radius 2 is 1.86 bits per heavy atom. The smallest absolute Gasteiger partial charge is 0.168 e. The van der Waals surface area contributed by atoms with Crippen molar-refractivity contribution in [3.05, 3.63) is 59.2 Å². The van der Waals surface area contributed by atoms with E-state index in [1.807, 2.05) is 0 Å². The number of rotatable bonds is 5. The number of oxime groups is 1. The van der Waals surface area contributed by atoms with Crippen LogP contribution in [0.4, 0.5) is 8.78 Å². The predicted molar refractivity (Wildman–Crippen MR) is 77.7 cm³/mol. The number of ether oxygens (including phenoxy) is 2. The minimum atomic E-state index is -0.855. The van der Waals surface area contributed by atoms with Crippen LogP contribution in [-0.4, -0.2) is 18.0 Å². The van der Waals surface area contributed by atoms with E-state index >= 15 is 0 Å². The van der Waals surface area contributed by atoms with E-state index in [4.69, 9.17) is 14.7 Å². The lowest BCUT2D eigenvalue weighted by molar-refractivity contribution is 0.287. The third-order valence-electron chi connectivity index (χ3n) is 3.09. The van der Waals surface area contributed by atoms with Crippen molar-refractivity contribution in [2.24, 2.45) is 5.16 Å². The lowest BCUT2D eigenvalue weighted by Crippen LogP contribution is -2.05. The van der Waals surface area contributed by atoms with Gasteiger partial charge >= 0.3 is 0 Å². The SMILES string of the molecule is COc1ccc(COc2c(F)cc(F)cc2C(C)=NO)cc1. The summed E-state index contributed by atoms with van der Waals surface area (Å²) in [6.07, 6.45) is 0. The van der Waals surface area contributed by atoms with Crippen molar-refractivity contribution < 1.29 is 23.5 Å². The predicted octanol–water partition coefficient (Wildman–Crippen LogP) is 3.75. The summed E-state index contributed by atoms with van der Waals surface area (Å²) in [4.78, 5) is 0. The number of methoxy groups -OCH3 is 1. The number of halogens is 2. The van der Waals surface area contributed by atoms with Gasteiger partial charge < -0.3 is 14.7 Å². The van der Waals surface area contributed by atoms with Crippen LogP contribution in [0.2, 0.25) is 0 Å². The van der Waals surface area contributed by atoms with E-state index in [0.29, 0.717) is 5.75 Å². The van der Waals surface area contributed by atoms with E-state index in [-0.39, 0.29) is 23.6 Å². The first-order valence-corrected chi connectivity index (χ1v) is 6.49. The second-order valence-corrected chi connectivity index (χ2v) is 4.59. The summed E-state index contributed by atoms with van der Waals surface area (Å²) < 4.78 is 37.7. The Labute approximate surface area is 126 Å². The van der Waals surface area contributed by atoms with Crippen LogP contribution < -0.4 is 9.47 Å². The third-order valence-corrected chi connectivity index (χ3v) is 3.09. The third kappa shape index (κ3) is 3.52. The molecule has 0 saturated heterocycles. The van der Waals surface area contributed by atoms with Crippen LogP contribution >= 0.6 is 0 Å². The second-order valence-electron chi connectivity index (χ2n) is 4.59. The summed E-state index contributed by atoms with van der Waals surface area (Å²) in [5.74, 6) is -1.09. The molecule has 0 bridgehead atoms. The van der Waals surface area contributed by atoms with Gasteiger partial charge in [-0.15, -0.1) is 0 Å². The van der Waals surface area contributed by atoms with Crippen LogP contribution in [-0.2, 0) is 6.61 Å². The standard InChI is InChI=1S/C16H15F2NO3/c1-10(19-20)14-7-12(17)8-15(18)16(14)22-9-11-3-5-13(21-2)6-4-11/h3-8,20H,9H2,1-2H3. The molecule has 0 spiro atoms. The molecule has 22 heavy (non-hydrogen) atoms. The summed E-state index contributed by atoms with van der Waals surface area (Å²) >= 11 is 0. The van der Waals surface area contributed by atoms with Crippen molar-refractivity contribution in [3.63, 3.8) is 0 Å². The highest BCUT2D eigenvalue weighted by atomic mass is 19.1. The van der Waals surface area contributed by atoms with E-state index in [1.165, 1.54) is 6.92 Å². The lowest BCUT2D eigenvalue weighted by atomic mass is 10.1. The Hall–Kier alpha value is -2.63. The van der Waals surface area contributed by atoms with Crippen LogP contribution in [0, 0.1) is 11.6 Å². The second kappa shape index (κ2) is 6.89. The van der Waals surface area contributed by atoms with Gasteiger partial charge in [-0.05, 0) is 30.7 Å². The van der Waals surface area contributed by atoms with Gasteiger partial charge in [0.1, 0.15) is 18.2 Å². The summed E-state index contributed by atoms with van der Waals surface area (Å²) in [6, 6.07) is 8.82. The molecular formula is C16H15F2NO3. The molecule has 0 saturated carbocycles. The molecule has 0 aliphatic carbocycles. The molecule has 4 nitrogen and oxygen atoms in total. The van der Waals surface area contributed by atoms with Crippen LogP contribution in [0.15, 0.2) is 41.6 Å². The Balaban J connectivity index is 2.24. The normalized spacial score (nSPS) is 11.4. The zero-order valence-corrected chi connectivity index (χ0v) is 12.1. The number of benzene rings is 2. The van der Waals surface area contributed by atoms with Gasteiger partial charge in [0.05, 0.1) is 12.8 Å². The first-order chi connectivity index (χ1) is 10.5. The fraction of sp³-hybridized carbons (Fsp3) is 0.188. The molecule has 0 fully saturated rings. The van der Waals surface area contributed by atoms with E-state index in [1.54, 1.807) is 31.4 Å². The highest BCUT2D eigenvalue weighted by molar-refractivity contribution is 6.00. The topological polar surface area (TPSA) is 51.0 Å². The van der Waals surface area contributed by atoms with Crippen molar-refractivity contribution in [2.45, 2.75) is 13.5 Å². The molecule has 0 atom stereocenters. The minimum Gasteiger partial charge on any atom is -0.497 e. The lowest BCUT2D eigenvalue weighted by Gasteiger charge is -2.12. The number of nitrogens with zero attached hydrogens (tertiary/aromatic N) is 1. The minimum absolute atomic E-state index is 0.0585. The molecule has 0 aromatic heterocycles. The molecular weight excluding hydrogens is 292 g/mol. The maximum absolute atomic E-state index is 13.9. The maximum atomic E-state index is 13.9. The molecule has 0 heterocycles. The highest BCUT2D eigenvalue weighted by Gasteiger charge is 2.15. The summed E-state index contributed by atoms with van der Waals surface area (Å²) in [6.45, 7) is 1.51. The Morgan fingerprint density at radius 1 is 1.18 bits per heavy atom. The zero-order valence-electron chi connectivity index (χ0n) is 12.1. The zero-order chi connectivity index (χ0) is 16.1. The fourth-order valence-corrected chi connectivity index (χ4v) is 1.91. The molecule has 2 rings (SSSR count). The van der Waals surface area contributed by atoms with E-state index < -0.39 is 11.6 Å². The molecule has 1 N–H and O–H groups in total. The van der Waals surface area contributed by atoms with Gasteiger partial charge in [0.25, 0.3) is 0 Å². The van der Waals surface area contributed by atoms with Crippen LogP contribution in [0.5, 0.6) is 11.5 Å². The van der Waals surface area contributed by atoms with Crippen LogP contribution in [0.3, 0.4) is 0 Å². The Kier molecular flexibility index (Phi) is 4.93. The first kappa shape index (κ1) is 15.8. The van der Waals surface area contributed by atoms with Crippen molar-refractivity contribution >= 4 is 5.71 Å². The largest absolute Gasteiger partial charge is 0.497 e. The van der Waals surface area contributed by atoms with Gasteiger partial charge in [-0.3, -0.25) is 0 Å². The number of hydrogen-bond acceptors (Lipinski definition) is 4. The molecule has 2 aromatic carbocycles. The maximum Gasteiger partial charge on any atom is 0.168 e. The molecule has 0 aliphatic rings. The molecule has 0 amide bonds. The summed E-state index contributed by atoms with van der Waals surface area (Å²) in [7, 11) is 1.56. The van der Waals surface area contributed by atoms with Crippen LogP contribution in [0.1, 0.15) is 18.1 Å². The Bertz CT molecular complexity index is 685. The summed E-state index contributed by atoms with van der Waals surface area (Å²) in [5, 5.41) is 11.8. The van der Waals surface area contributed by atoms with Crippen molar-refractivity contribution in [3.8, 4) is 11.5 Å². The van der Waals surface area contributed by atoms with Gasteiger partial charge in [0.15, 0.2) is 11.6 Å². The van der Waals surface area contributed by atoms with Gasteiger partial charge in [-0.1, -0.05) is 17.3 Å². The average Bonchev–Trinajstić information content (AvgIpc) is 2.53. The molecule has 2 aromatic rings. The van der Waals surface area contributed by atoms with E-state index in [0.717, 1.165) is 17.7 Å². The molecule has 6 heteroatoms. The van der Waals surface area contributed by atoms with Gasteiger partial charge in [-0.25, -0.2) is 8.78 Å². The van der Waals surface area contributed by atoms with E-state index in [9.17, 15) is 8.78 Å². The Morgan fingerprint density at radius 3 is 2.45 bits per heavy atom. The van der Waals surface area contributed by atoms with Gasteiger partial charge in [0, 0.05) is 11.6 Å². The van der Waals surface area contributed by atoms with Crippen LogP contribution in [0.25, 0.3) is 0 Å². The van der Waals surface area contributed by atoms with Gasteiger partial charge in [0.2, 0.25) is 0 Å². The van der Waals surface area contributed by atoms with Crippen molar-refractivity contribution in [1.29, 1.82) is 0 Å². The molecule has 116 valence electrons. The molecule has 0 unspecified atom stereocenters. The van der Waals surface area contributed by atoms with Gasteiger partial charge in [-0.2, -0.15) is 0 Å². The monoisotopic (exact) mass is 307 g/mol. The quantitative estimate of drug-likeness (QED) is 0.520. The number of hydrogen-bond donors (Lipinski definition) is 1. The van der Waals surface area contributed by atoms with E-state index in [2.05, 4.69) is 5.16 Å². The van der Waals surface area contributed by atoms with Crippen molar-refractivity contribution in [2.75, 3.05) is 7.11 Å².